The second kappa shape index (κ2) is 11.4. The van der Waals surface area contributed by atoms with Crippen molar-refractivity contribution < 1.29 is 14.0 Å². The highest BCUT2D eigenvalue weighted by molar-refractivity contribution is 8.00. The lowest BCUT2D eigenvalue weighted by Crippen LogP contribution is -2.13. The lowest BCUT2D eigenvalue weighted by molar-refractivity contribution is -0.114. The summed E-state index contributed by atoms with van der Waals surface area (Å²) in [6, 6.07) is 22.9. The molecule has 0 saturated carbocycles. The number of hydrogen-bond acceptors (Lipinski definition) is 5. The molecule has 4 aromatic rings. The van der Waals surface area contributed by atoms with Crippen LogP contribution in [0.2, 0.25) is 0 Å². The maximum absolute atomic E-state index is 13.1. The van der Waals surface area contributed by atoms with Crippen LogP contribution in [-0.2, 0) is 9.59 Å². The standard InChI is InChI=1S/C26H20FN3O2S2/c27-20-9-7-19(8-10-20)23-16-34-26(29-23)30-25(32)17-33-22-13-11-21(12-14-22)28-24(31)15-6-18-4-2-1-3-5-18/h1-16H,17H2,(H,28,31)(H,29,30,32)/b15-6+. The summed E-state index contributed by atoms with van der Waals surface area (Å²) >= 11 is 2.70. The van der Waals surface area contributed by atoms with Gasteiger partial charge in [0.25, 0.3) is 0 Å². The Morgan fingerprint density at radius 3 is 2.41 bits per heavy atom. The Balaban J connectivity index is 1.24. The first-order valence-corrected chi connectivity index (χ1v) is 12.2. The highest BCUT2D eigenvalue weighted by Gasteiger charge is 2.09. The van der Waals surface area contributed by atoms with Gasteiger partial charge in [0.05, 0.1) is 11.4 Å². The van der Waals surface area contributed by atoms with Gasteiger partial charge in [-0.2, -0.15) is 0 Å². The van der Waals surface area contributed by atoms with Crippen LogP contribution in [0.5, 0.6) is 0 Å². The molecule has 2 amide bonds. The molecule has 4 rings (SSSR count). The maximum atomic E-state index is 13.1. The fraction of sp³-hybridized carbons (Fsp3) is 0.0385. The number of hydrogen-bond donors (Lipinski definition) is 2. The van der Waals surface area contributed by atoms with Gasteiger partial charge < -0.3 is 10.6 Å². The van der Waals surface area contributed by atoms with Crippen molar-refractivity contribution in [3.63, 3.8) is 0 Å². The summed E-state index contributed by atoms with van der Waals surface area (Å²) in [6.07, 6.45) is 3.24. The van der Waals surface area contributed by atoms with Crippen LogP contribution in [-0.4, -0.2) is 22.6 Å². The summed E-state index contributed by atoms with van der Waals surface area (Å²) in [5.74, 6) is -0.475. The van der Waals surface area contributed by atoms with Gasteiger partial charge in [-0.15, -0.1) is 23.1 Å². The Kier molecular flexibility index (Phi) is 7.85. The molecule has 5 nitrogen and oxygen atoms in total. The predicted octanol–water partition coefficient (Wildman–Crippen LogP) is 6.33. The van der Waals surface area contributed by atoms with Crippen LogP contribution in [0, 0.1) is 5.82 Å². The minimum Gasteiger partial charge on any atom is -0.323 e. The van der Waals surface area contributed by atoms with Crippen molar-refractivity contribution in [1.82, 2.24) is 4.98 Å². The van der Waals surface area contributed by atoms with Crippen LogP contribution in [0.15, 0.2) is 95.2 Å². The van der Waals surface area contributed by atoms with Gasteiger partial charge in [-0.1, -0.05) is 30.3 Å². The molecule has 0 atom stereocenters. The van der Waals surface area contributed by atoms with E-state index in [-0.39, 0.29) is 23.4 Å². The number of nitrogens with zero attached hydrogens (tertiary/aromatic N) is 1. The van der Waals surface area contributed by atoms with Gasteiger partial charge in [0, 0.05) is 27.6 Å². The highest BCUT2D eigenvalue weighted by atomic mass is 32.2. The van der Waals surface area contributed by atoms with E-state index in [1.165, 1.54) is 41.3 Å². The third-order valence-electron chi connectivity index (χ3n) is 4.61. The topological polar surface area (TPSA) is 71.1 Å². The number of amides is 2. The second-order valence-corrected chi connectivity index (χ2v) is 9.05. The average Bonchev–Trinajstić information content (AvgIpc) is 3.32. The number of carbonyl (C=O) groups excluding carboxylic acids is 2. The van der Waals surface area contributed by atoms with Crippen molar-refractivity contribution in [3.8, 4) is 11.3 Å². The summed E-state index contributed by atoms with van der Waals surface area (Å²) in [6.45, 7) is 0. The molecular weight excluding hydrogens is 469 g/mol. The normalized spacial score (nSPS) is 10.9. The molecule has 0 aliphatic rings. The van der Waals surface area contributed by atoms with Gasteiger partial charge in [0.15, 0.2) is 5.13 Å². The number of halogens is 1. The summed E-state index contributed by atoms with van der Waals surface area (Å²) in [7, 11) is 0. The molecule has 3 aromatic carbocycles. The zero-order valence-corrected chi connectivity index (χ0v) is 19.5. The van der Waals surface area contributed by atoms with Crippen molar-refractivity contribution in [1.29, 1.82) is 0 Å². The molecule has 0 spiro atoms. The average molecular weight is 490 g/mol. The van der Waals surface area contributed by atoms with E-state index < -0.39 is 0 Å². The summed E-state index contributed by atoms with van der Waals surface area (Å²) in [5, 5.41) is 7.91. The largest absolute Gasteiger partial charge is 0.323 e. The number of nitrogens with one attached hydrogen (secondary N) is 2. The maximum Gasteiger partial charge on any atom is 0.248 e. The lowest BCUT2D eigenvalue weighted by Gasteiger charge is -2.05. The molecule has 0 fully saturated rings. The zero-order chi connectivity index (χ0) is 23.8. The lowest BCUT2D eigenvalue weighted by atomic mass is 10.2. The molecule has 0 saturated heterocycles. The van der Waals surface area contributed by atoms with Crippen molar-refractivity contribution in [2.24, 2.45) is 0 Å². The number of anilines is 2. The Bertz CT molecular complexity index is 1290. The summed E-state index contributed by atoms with van der Waals surface area (Å²) in [4.78, 5) is 29.7. The van der Waals surface area contributed by atoms with E-state index in [0.29, 0.717) is 16.5 Å². The van der Waals surface area contributed by atoms with Gasteiger partial charge in [-0.3, -0.25) is 9.59 Å². The van der Waals surface area contributed by atoms with E-state index in [4.69, 9.17) is 0 Å². The van der Waals surface area contributed by atoms with Crippen LogP contribution in [0.1, 0.15) is 5.56 Å². The zero-order valence-electron chi connectivity index (χ0n) is 17.9. The van der Waals surface area contributed by atoms with Crippen molar-refractivity contribution in [2.45, 2.75) is 4.90 Å². The number of carbonyl (C=O) groups is 2. The van der Waals surface area contributed by atoms with E-state index in [0.717, 1.165) is 16.0 Å². The van der Waals surface area contributed by atoms with Crippen LogP contribution >= 0.6 is 23.1 Å². The molecule has 1 heterocycles. The van der Waals surface area contributed by atoms with Crippen molar-refractivity contribution >= 4 is 51.8 Å². The van der Waals surface area contributed by atoms with Crippen LogP contribution < -0.4 is 10.6 Å². The van der Waals surface area contributed by atoms with E-state index >= 15 is 0 Å². The third-order valence-corrected chi connectivity index (χ3v) is 6.38. The van der Waals surface area contributed by atoms with Gasteiger partial charge in [0.1, 0.15) is 5.82 Å². The second-order valence-electron chi connectivity index (χ2n) is 7.14. The van der Waals surface area contributed by atoms with E-state index in [2.05, 4.69) is 15.6 Å². The Morgan fingerprint density at radius 2 is 1.68 bits per heavy atom. The molecule has 0 unspecified atom stereocenters. The van der Waals surface area contributed by atoms with Crippen LogP contribution in [0.4, 0.5) is 15.2 Å². The van der Waals surface area contributed by atoms with Crippen molar-refractivity contribution in [2.75, 3.05) is 16.4 Å². The molecule has 34 heavy (non-hydrogen) atoms. The van der Waals surface area contributed by atoms with Crippen molar-refractivity contribution in [3.05, 3.63) is 102 Å². The first-order valence-electron chi connectivity index (χ1n) is 10.3. The van der Waals surface area contributed by atoms with Gasteiger partial charge in [-0.05, 0) is 60.2 Å². The molecular formula is C26H20FN3O2S2. The Labute approximate surface area is 204 Å². The third kappa shape index (κ3) is 6.87. The van der Waals surface area contributed by atoms with E-state index in [1.807, 2.05) is 47.8 Å². The molecule has 1 aromatic heterocycles. The number of thiazole rings is 1. The van der Waals surface area contributed by atoms with E-state index in [1.54, 1.807) is 30.3 Å². The Hall–Kier alpha value is -3.75. The predicted molar refractivity (Wildman–Crippen MR) is 137 cm³/mol. The molecule has 0 radical (unpaired) electrons. The smallest absolute Gasteiger partial charge is 0.248 e. The van der Waals surface area contributed by atoms with Crippen LogP contribution in [0.3, 0.4) is 0 Å². The minimum atomic E-state index is -0.306. The number of benzene rings is 3. The number of aromatic nitrogens is 1. The number of rotatable bonds is 8. The van der Waals surface area contributed by atoms with Crippen LogP contribution in [0.25, 0.3) is 17.3 Å². The van der Waals surface area contributed by atoms with Gasteiger partial charge in [0.2, 0.25) is 11.8 Å². The quantitative estimate of drug-likeness (QED) is 0.224. The SMILES string of the molecule is O=C(/C=C/c1ccccc1)Nc1ccc(SCC(=O)Nc2nc(-c3ccc(F)cc3)cs2)cc1. The molecule has 8 heteroatoms. The fourth-order valence-corrected chi connectivity index (χ4v) is 4.38. The molecule has 0 aliphatic carbocycles. The van der Waals surface area contributed by atoms with E-state index in [9.17, 15) is 14.0 Å². The molecule has 0 bridgehead atoms. The minimum absolute atomic E-state index is 0.173. The first kappa shape index (κ1) is 23.4. The monoisotopic (exact) mass is 489 g/mol. The molecule has 2 N–H and O–H groups in total. The fourth-order valence-electron chi connectivity index (χ4n) is 2.94. The summed E-state index contributed by atoms with van der Waals surface area (Å²) in [5.41, 5.74) is 3.10. The van der Waals surface area contributed by atoms with Gasteiger partial charge >= 0.3 is 0 Å². The molecule has 0 aliphatic heterocycles. The van der Waals surface area contributed by atoms with Gasteiger partial charge in [-0.25, -0.2) is 9.37 Å². The first-order chi connectivity index (χ1) is 16.5. The Morgan fingerprint density at radius 1 is 0.941 bits per heavy atom. The number of thioether (sulfide) groups is 1. The molecule has 170 valence electrons. The highest BCUT2D eigenvalue weighted by Crippen LogP contribution is 2.26. The summed E-state index contributed by atoms with van der Waals surface area (Å²) < 4.78 is 13.1.